The number of piperidine rings is 1. The van der Waals surface area contributed by atoms with Crippen molar-refractivity contribution in [2.24, 2.45) is 5.41 Å². The van der Waals surface area contributed by atoms with Crippen LogP contribution in [-0.2, 0) is 9.59 Å². The van der Waals surface area contributed by atoms with Crippen molar-refractivity contribution in [3.8, 4) is 0 Å². The molecule has 22 heavy (non-hydrogen) atoms. The van der Waals surface area contributed by atoms with Crippen LogP contribution >= 0.6 is 11.6 Å². The van der Waals surface area contributed by atoms with Gasteiger partial charge in [-0.25, -0.2) is 0 Å². The Morgan fingerprint density at radius 2 is 1.82 bits per heavy atom. The maximum Gasteiger partial charge on any atom is 0.239 e. The van der Waals surface area contributed by atoms with Crippen molar-refractivity contribution >= 4 is 29.1 Å². The lowest BCUT2D eigenvalue weighted by atomic mass is 9.89. The standard InChI is InChI=1S/C17H23ClN2O2/c1-12-13(18)8-7-9-14(12)19-15(21)17(2,3)16(22)20-10-5-4-6-11-20/h7-9H,4-6,10-11H2,1-3H3,(H,19,21). The Morgan fingerprint density at radius 1 is 1.18 bits per heavy atom. The highest BCUT2D eigenvalue weighted by molar-refractivity contribution is 6.31. The first-order valence-electron chi connectivity index (χ1n) is 7.70. The summed E-state index contributed by atoms with van der Waals surface area (Å²) in [6.45, 7) is 6.69. The molecule has 0 unspecified atom stereocenters. The maximum absolute atomic E-state index is 12.6. The van der Waals surface area contributed by atoms with Gasteiger partial charge in [0.05, 0.1) is 0 Å². The number of hydrogen-bond donors (Lipinski definition) is 1. The quantitative estimate of drug-likeness (QED) is 0.864. The van der Waals surface area contributed by atoms with Crippen LogP contribution in [0, 0.1) is 12.3 Å². The van der Waals surface area contributed by atoms with E-state index in [0.29, 0.717) is 10.7 Å². The van der Waals surface area contributed by atoms with Gasteiger partial charge in [-0.2, -0.15) is 0 Å². The molecule has 0 aliphatic carbocycles. The monoisotopic (exact) mass is 322 g/mol. The largest absolute Gasteiger partial charge is 0.342 e. The highest BCUT2D eigenvalue weighted by atomic mass is 35.5. The van der Waals surface area contributed by atoms with Gasteiger partial charge in [0.2, 0.25) is 11.8 Å². The predicted molar refractivity (Wildman–Crippen MR) is 89.0 cm³/mol. The molecule has 0 bridgehead atoms. The van der Waals surface area contributed by atoms with Crippen LogP contribution in [0.1, 0.15) is 38.7 Å². The van der Waals surface area contributed by atoms with Gasteiger partial charge in [-0.3, -0.25) is 9.59 Å². The van der Waals surface area contributed by atoms with Crippen molar-refractivity contribution in [3.63, 3.8) is 0 Å². The van der Waals surface area contributed by atoms with E-state index in [0.717, 1.165) is 37.9 Å². The molecule has 1 heterocycles. The van der Waals surface area contributed by atoms with Crippen LogP contribution < -0.4 is 5.32 Å². The second kappa shape index (κ2) is 6.69. The van der Waals surface area contributed by atoms with Crippen LogP contribution in [-0.4, -0.2) is 29.8 Å². The fourth-order valence-electron chi connectivity index (χ4n) is 2.61. The van der Waals surface area contributed by atoms with E-state index in [1.165, 1.54) is 0 Å². The van der Waals surface area contributed by atoms with Crippen molar-refractivity contribution in [1.82, 2.24) is 4.90 Å². The van der Waals surface area contributed by atoms with Crippen LogP contribution in [0.5, 0.6) is 0 Å². The zero-order valence-corrected chi connectivity index (χ0v) is 14.2. The normalized spacial score (nSPS) is 15.5. The molecule has 0 radical (unpaired) electrons. The third-order valence-corrected chi connectivity index (χ3v) is 4.67. The van der Waals surface area contributed by atoms with E-state index >= 15 is 0 Å². The lowest BCUT2D eigenvalue weighted by Crippen LogP contribution is -2.49. The molecule has 1 fully saturated rings. The van der Waals surface area contributed by atoms with Gasteiger partial charge in [0.15, 0.2) is 0 Å². The predicted octanol–water partition coefficient (Wildman–Crippen LogP) is 3.63. The first kappa shape index (κ1) is 16.8. The van der Waals surface area contributed by atoms with Crippen LogP contribution in [0.4, 0.5) is 5.69 Å². The molecule has 0 spiro atoms. The number of carbonyl (C=O) groups excluding carboxylic acids is 2. The summed E-state index contributed by atoms with van der Waals surface area (Å²) in [7, 11) is 0. The molecule has 4 nitrogen and oxygen atoms in total. The first-order chi connectivity index (χ1) is 10.3. The summed E-state index contributed by atoms with van der Waals surface area (Å²) in [6, 6.07) is 5.35. The Labute approximate surface area is 136 Å². The SMILES string of the molecule is Cc1c(Cl)cccc1NC(=O)C(C)(C)C(=O)N1CCCCC1. The third-order valence-electron chi connectivity index (χ3n) is 4.26. The van der Waals surface area contributed by atoms with Crippen molar-refractivity contribution in [3.05, 3.63) is 28.8 Å². The third kappa shape index (κ3) is 3.43. The molecule has 120 valence electrons. The smallest absolute Gasteiger partial charge is 0.239 e. The van der Waals surface area contributed by atoms with E-state index < -0.39 is 5.41 Å². The minimum Gasteiger partial charge on any atom is -0.342 e. The molecular formula is C17H23ClN2O2. The fourth-order valence-corrected chi connectivity index (χ4v) is 2.79. The number of anilines is 1. The minimum absolute atomic E-state index is 0.107. The van der Waals surface area contributed by atoms with Crippen molar-refractivity contribution in [2.45, 2.75) is 40.0 Å². The van der Waals surface area contributed by atoms with Gasteiger partial charge in [0.1, 0.15) is 5.41 Å². The van der Waals surface area contributed by atoms with Gasteiger partial charge in [-0.05, 0) is 57.7 Å². The molecule has 0 saturated carbocycles. The highest BCUT2D eigenvalue weighted by Crippen LogP contribution is 2.27. The van der Waals surface area contributed by atoms with E-state index in [1.54, 1.807) is 36.9 Å². The number of hydrogen-bond acceptors (Lipinski definition) is 2. The molecule has 1 aliphatic heterocycles. The van der Waals surface area contributed by atoms with Crippen molar-refractivity contribution in [2.75, 3.05) is 18.4 Å². The molecule has 1 aliphatic rings. The lowest BCUT2D eigenvalue weighted by Gasteiger charge is -2.33. The van der Waals surface area contributed by atoms with Gasteiger partial charge in [0, 0.05) is 23.8 Å². The summed E-state index contributed by atoms with van der Waals surface area (Å²) in [4.78, 5) is 27.0. The molecule has 2 amide bonds. The molecule has 0 atom stereocenters. The highest BCUT2D eigenvalue weighted by Gasteiger charge is 2.39. The second-order valence-corrected chi connectivity index (χ2v) is 6.75. The van der Waals surface area contributed by atoms with Crippen LogP contribution in [0.25, 0.3) is 0 Å². The van der Waals surface area contributed by atoms with E-state index in [2.05, 4.69) is 5.32 Å². The average molecular weight is 323 g/mol. The number of halogens is 1. The Balaban J connectivity index is 2.12. The summed E-state index contributed by atoms with van der Waals surface area (Å²) in [5.74, 6) is -0.405. The Bertz CT molecular complexity index is 578. The zero-order valence-electron chi connectivity index (χ0n) is 13.4. The number of carbonyl (C=O) groups is 2. The fraction of sp³-hybridized carbons (Fsp3) is 0.529. The summed E-state index contributed by atoms with van der Waals surface area (Å²) >= 11 is 6.07. The van der Waals surface area contributed by atoms with E-state index in [9.17, 15) is 9.59 Å². The average Bonchev–Trinajstić information content (AvgIpc) is 2.51. The Hall–Kier alpha value is -1.55. The number of nitrogens with zero attached hydrogens (tertiary/aromatic N) is 1. The molecule has 1 aromatic carbocycles. The number of benzene rings is 1. The van der Waals surface area contributed by atoms with Gasteiger partial charge >= 0.3 is 0 Å². The number of rotatable bonds is 3. The first-order valence-corrected chi connectivity index (χ1v) is 8.08. The summed E-state index contributed by atoms with van der Waals surface area (Å²) in [5, 5.41) is 3.44. The Kier molecular flexibility index (Phi) is 5.12. The summed E-state index contributed by atoms with van der Waals surface area (Å²) < 4.78 is 0. The van der Waals surface area contributed by atoms with Gasteiger partial charge in [-0.15, -0.1) is 0 Å². The van der Waals surface area contributed by atoms with Gasteiger partial charge < -0.3 is 10.2 Å². The number of amides is 2. The topological polar surface area (TPSA) is 49.4 Å². The maximum atomic E-state index is 12.6. The van der Waals surface area contributed by atoms with E-state index in [4.69, 9.17) is 11.6 Å². The van der Waals surface area contributed by atoms with Crippen LogP contribution in [0.2, 0.25) is 5.02 Å². The molecule has 1 aromatic rings. The van der Waals surface area contributed by atoms with Crippen molar-refractivity contribution < 1.29 is 9.59 Å². The van der Waals surface area contributed by atoms with Crippen molar-refractivity contribution in [1.29, 1.82) is 0 Å². The van der Waals surface area contributed by atoms with Crippen LogP contribution in [0.15, 0.2) is 18.2 Å². The minimum atomic E-state index is -1.09. The Morgan fingerprint density at radius 3 is 2.45 bits per heavy atom. The zero-order chi connectivity index (χ0) is 16.3. The van der Waals surface area contributed by atoms with E-state index in [-0.39, 0.29) is 11.8 Å². The number of nitrogens with one attached hydrogen (secondary N) is 1. The lowest BCUT2D eigenvalue weighted by molar-refractivity contribution is -0.147. The molecule has 0 aromatic heterocycles. The molecule has 1 saturated heterocycles. The van der Waals surface area contributed by atoms with Gasteiger partial charge in [-0.1, -0.05) is 17.7 Å². The molecule has 1 N–H and O–H groups in total. The number of likely N-dealkylation sites (tertiary alicyclic amines) is 1. The summed E-state index contributed by atoms with van der Waals surface area (Å²) in [5.41, 5.74) is 0.363. The molecular weight excluding hydrogens is 300 g/mol. The molecule has 2 rings (SSSR count). The summed E-state index contributed by atoms with van der Waals surface area (Å²) in [6.07, 6.45) is 3.17. The molecule has 5 heteroatoms. The van der Waals surface area contributed by atoms with E-state index in [1.807, 2.05) is 6.92 Å². The van der Waals surface area contributed by atoms with Crippen LogP contribution in [0.3, 0.4) is 0 Å². The second-order valence-electron chi connectivity index (χ2n) is 6.34. The van der Waals surface area contributed by atoms with Gasteiger partial charge in [0.25, 0.3) is 0 Å².